The van der Waals surface area contributed by atoms with Gasteiger partial charge in [0.15, 0.2) is 0 Å². The summed E-state index contributed by atoms with van der Waals surface area (Å²) in [5, 5.41) is 4.77. The van der Waals surface area contributed by atoms with Gasteiger partial charge in [0.1, 0.15) is 17.7 Å². The molecule has 0 aliphatic carbocycles. The first-order valence-corrected chi connectivity index (χ1v) is 18.7. The van der Waals surface area contributed by atoms with Crippen LogP contribution >= 0.6 is 0 Å². The summed E-state index contributed by atoms with van der Waals surface area (Å²) in [6, 6.07) is 20.3. The number of anilines is 1. The largest absolute Gasteiger partial charge is 0.466 e. The number of rotatable bonds is 15. The van der Waals surface area contributed by atoms with Crippen LogP contribution in [0.2, 0.25) is 0 Å². The summed E-state index contributed by atoms with van der Waals surface area (Å²) in [5.74, 6) is -2.10. The highest BCUT2D eigenvalue weighted by Crippen LogP contribution is 2.33. The van der Waals surface area contributed by atoms with Crippen molar-refractivity contribution in [1.82, 2.24) is 10.2 Å². The average molecular weight is 732 g/mol. The number of ether oxygens (including phenoxy) is 4. The molecule has 1 heterocycles. The van der Waals surface area contributed by atoms with Gasteiger partial charge in [0, 0.05) is 30.6 Å². The fourth-order valence-electron chi connectivity index (χ4n) is 6.55. The van der Waals surface area contributed by atoms with Crippen LogP contribution in [0.4, 0.5) is 10.5 Å². The predicted octanol–water partition coefficient (Wildman–Crippen LogP) is 7.21. The Bertz CT molecular complexity index is 1700. The molecule has 3 aromatic carbocycles. The van der Waals surface area contributed by atoms with Gasteiger partial charge in [0.25, 0.3) is 0 Å². The maximum absolute atomic E-state index is 14.5. The van der Waals surface area contributed by atoms with Crippen LogP contribution in [-0.4, -0.2) is 79.2 Å². The zero-order valence-electron chi connectivity index (χ0n) is 32.7. The van der Waals surface area contributed by atoms with E-state index in [4.69, 9.17) is 18.9 Å². The summed E-state index contributed by atoms with van der Waals surface area (Å²) < 4.78 is 22.5. The number of nitrogens with one attached hydrogen (secondary N) is 1. The van der Waals surface area contributed by atoms with Crippen molar-refractivity contribution in [3.63, 3.8) is 0 Å². The van der Waals surface area contributed by atoms with Crippen molar-refractivity contribution in [1.29, 1.82) is 0 Å². The molecule has 0 aromatic heterocycles. The van der Waals surface area contributed by atoms with Crippen molar-refractivity contribution in [3.05, 3.63) is 77.9 Å². The van der Waals surface area contributed by atoms with Crippen LogP contribution in [0, 0.1) is 11.8 Å². The van der Waals surface area contributed by atoms with Gasteiger partial charge in [-0.2, -0.15) is 0 Å². The molecule has 1 aliphatic rings. The molecule has 1 unspecified atom stereocenters. The van der Waals surface area contributed by atoms with Crippen LogP contribution in [0.1, 0.15) is 85.8 Å². The number of carbonyl (C=O) groups is 4. The second-order valence-electron chi connectivity index (χ2n) is 15.5. The van der Waals surface area contributed by atoms with E-state index in [0.29, 0.717) is 32.8 Å². The third-order valence-corrected chi connectivity index (χ3v) is 9.08. The molecule has 1 saturated heterocycles. The molecule has 4 atom stereocenters. The first-order valence-electron chi connectivity index (χ1n) is 18.7. The summed E-state index contributed by atoms with van der Waals surface area (Å²) in [6.45, 7) is 18.6. The van der Waals surface area contributed by atoms with Gasteiger partial charge in [0.2, 0.25) is 6.29 Å². The molecule has 1 N–H and O–H groups in total. The van der Waals surface area contributed by atoms with Crippen LogP contribution in [0.3, 0.4) is 0 Å². The van der Waals surface area contributed by atoms with E-state index in [1.165, 1.54) is 0 Å². The predicted molar refractivity (Wildman–Crippen MR) is 205 cm³/mol. The first-order chi connectivity index (χ1) is 25.1. The molecule has 0 saturated carbocycles. The van der Waals surface area contributed by atoms with Crippen LogP contribution in [0.15, 0.2) is 66.7 Å². The van der Waals surface area contributed by atoms with Crippen LogP contribution < -0.4 is 10.2 Å². The molecular weight excluding hydrogens is 674 g/mol. The summed E-state index contributed by atoms with van der Waals surface area (Å²) in [7, 11) is 0. The maximum atomic E-state index is 14.5. The quantitative estimate of drug-likeness (QED) is 0.0975. The molecule has 0 radical (unpaired) electrons. The molecule has 53 heavy (non-hydrogen) atoms. The minimum atomic E-state index is -1.20. The minimum Gasteiger partial charge on any atom is -0.466 e. The monoisotopic (exact) mass is 731 g/mol. The van der Waals surface area contributed by atoms with E-state index in [0.717, 1.165) is 27.6 Å². The number of carbonyl (C=O) groups excluding carboxylic acids is 4. The first kappa shape index (κ1) is 41.1. The van der Waals surface area contributed by atoms with Gasteiger partial charge < -0.3 is 29.2 Å². The number of alkyl carbamates (subject to hydrolysis) is 1. The summed E-state index contributed by atoms with van der Waals surface area (Å²) in [4.78, 5) is 57.0. The van der Waals surface area contributed by atoms with E-state index >= 15 is 0 Å². The van der Waals surface area contributed by atoms with E-state index < -0.39 is 42.0 Å². The third kappa shape index (κ3) is 11.7. The Morgan fingerprint density at radius 3 is 2.13 bits per heavy atom. The standard InChI is InChI=1S/C42H57N3O8/c1-10-50-36(46)25-30-18-20-32(21-19-30)44-22-23-45(26-44)37(29(6)33-17-13-15-31-14-11-12-16-34(31)33)39(48)52-40(28(4)5)51-38(47)35(24-27(2)3)43-41(49)53-42(7,8)9/h11-21,27-29,35,37,40H,10,22-26H2,1-9H3,(H,43,49)/t29-,35+,37-,40?/m1/s1. The fraction of sp³-hybridized carbons (Fsp3) is 0.524. The van der Waals surface area contributed by atoms with Gasteiger partial charge in [-0.15, -0.1) is 0 Å². The lowest BCUT2D eigenvalue weighted by molar-refractivity contribution is -0.201. The second-order valence-corrected chi connectivity index (χ2v) is 15.5. The highest BCUT2D eigenvalue weighted by molar-refractivity contribution is 5.88. The zero-order chi connectivity index (χ0) is 38.9. The van der Waals surface area contributed by atoms with Crippen molar-refractivity contribution >= 4 is 40.5 Å². The molecule has 11 nitrogen and oxygen atoms in total. The van der Waals surface area contributed by atoms with Crippen molar-refractivity contribution in [3.8, 4) is 0 Å². The lowest BCUT2D eigenvalue weighted by atomic mass is 9.88. The highest BCUT2D eigenvalue weighted by Gasteiger charge is 2.40. The SMILES string of the molecule is CCOC(=O)Cc1ccc(N2CCN([C@@H](C(=O)OC(OC(=O)[C@H](CC(C)C)NC(=O)OC(C)(C)C)C(C)C)[C@H](C)c3cccc4ccccc34)C2)cc1. The Morgan fingerprint density at radius 1 is 0.830 bits per heavy atom. The topological polar surface area (TPSA) is 124 Å². The molecule has 1 amide bonds. The van der Waals surface area contributed by atoms with E-state index in [1.54, 1.807) is 27.7 Å². The van der Waals surface area contributed by atoms with Crippen molar-refractivity contribution in [2.24, 2.45) is 11.8 Å². The number of nitrogens with zero attached hydrogens (tertiary/aromatic N) is 2. The number of benzene rings is 3. The summed E-state index contributed by atoms with van der Waals surface area (Å²) in [6.07, 6.45) is -1.41. The molecule has 4 rings (SSSR count). The van der Waals surface area contributed by atoms with Crippen molar-refractivity contribution in [2.45, 2.75) is 105 Å². The maximum Gasteiger partial charge on any atom is 0.408 e. The van der Waals surface area contributed by atoms with E-state index in [-0.39, 0.29) is 30.1 Å². The molecule has 0 bridgehead atoms. The second kappa shape index (κ2) is 18.4. The summed E-state index contributed by atoms with van der Waals surface area (Å²) >= 11 is 0. The van der Waals surface area contributed by atoms with Gasteiger partial charge >= 0.3 is 24.0 Å². The van der Waals surface area contributed by atoms with Crippen molar-refractivity contribution in [2.75, 3.05) is 31.3 Å². The smallest absolute Gasteiger partial charge is 0.408 e. The zero-order valence-corrected chi connectivity index (χ0v) is 32.7. The number of hydrogen-bond acceptors (Lipinski definition) is 10. The third-order valence-electron chi connectivity index (χ3n) is 9.08. The van der Waals surface area contributed by atoms with Gasteiger partial charge in [-0.1, -0.05) is 89.2 Å². The van der Waals surface area contributed by atoms with Crippen molar-refractivity contribution < 1.29 is 38.1 Å². The normalized spacial score (nSPS) is 15.9. The van der Waals surface area contributed by atoms with E-state index in [2.05, 4.69) is 33.3 Å². The Hall–Kier alpha value is -4.64. The molecule has 11 heteroatoms. The van der Waals surface area contributed by atoms with Crippen LogP contribution in [0.5, 0.6) is 0 Å². The number of fused-ring (bicyclic) bond motifs is 1. The molecule has 0 spiro atoms. The lowest BCUT2D eigenvalue weighted by Crippen LogP contribution is -2.49. The Morgan fingerprint density at radius 2 is 1.49 bits per heavy atom. The molecule has 3 aromatic rings. The molecule has 288 valence electrons. The van der Waals surface area contributed by atoms with Crippen LogP contribution in [0.25, 0.3) is 10.8 Å². The van der Waals surface area contributed by atoms with Gasteiger partial charge in [0.05, 0.1) is 19.7 Å². The summed E-state index contributed by atoms with van der Waals surface area (Å²) in [5.41, 5.74) is 2.08. The molecule has 1 aliphatic heterocycles. The van der Waals surface area contributed by atoms with Crippen LogP contribution in [-0.2, 0) is 39.8 Å². The van der Waals surface area contributed by atoms with Gasteiger partial charge in [-0.3, -0.25) is 14.5 Å². The fourth-order valence-corrected chi connectivity index (χ4v) is 6.55. The molecule has 1 fully saturated rings. The lowest BCUT2D eigenvalue weighted by Gasteiger charge is -2.34. The van der Waals surface area contributed by atoms with Gasteiger partial charge in [-0.25, -0.2) is 9.59 Å². The molecular formula is C42H57N3O8. The minimum absolute atomic E-state index is 0.0559. The number of amides is 1. The number of hydrogen-bond donors (Lipinski definition) is 1. The Balaban J connectivity index is 1.58. The van der Waals surface area contributed by atoms with Gasteiger partial charge in [-0.05, 0) is 74.1 Å². The number of esters is 3. The Labute approximate surface area is 314 Å². The highest BCUT2D eigenvalue weighted by atomic mass is 16.7. The Kier molecular flexibility index (Phi) is 14.3. The van der Waals surface area contributed by atoms with E-state index in [1.807, 2.05) is 83.1 Å². The average Bonchev–Trinajstić information content (AvgIpc) is 3.56. The van der Waals surface area contributed by atoms with E-state index in [9.17, 15) is 19.2 Å².